The maximum Gasteiger partial charge on any atom is 0.206 e. The fourth-order valence-electron chi connectivity index (χ4n) is 3.73. The Morgan fingerprint density at radius 2 is 0.806 bits per heavy atom. The fraction of sp³-hybridized carbons (Fsp3) is 0.0323. The van der Waals surface area contributed by atoms with Gasteiger partial charge in [0.15, 0.2) is 0 Å². The van der Waals surface area contributed by atoms with Gasteiger partial charge in [-0.15, -0.1) is 0 Å². The van der Waals surface area contributed by atoms with Crippen LogP contribution < -0.4 is 9.47 Å². The van der Waals surface area contributed by atoms with Crippen LogP contribution in [0, 0.1) is 6.92 Å². The third-order valence-corrected chi connectivity index (χ3v) is 7.51. The summed E-state index contributed by atoms with van der Waals surface area (Å²) in [5.41, 5.74) is 3.12. The van der Waals surface area contributed by atoms with Gasteiger partial charge < -0.3 is 9.47 Å². The molecule has 0 amide bonds. The molecule has 0 aromatic heterocycles. The molecule has 5 aromatic rings. The molecular weight excluding hydrogens is 468 g/mol. The van der Waals surface area contributed by atoms with E-state index in [-0.39, 0.29) is 9.79 Å². The van der Waals surface area contributed by atoms with Crippen LogP contribution in [0.3, 0.4) is 0 Å². The first-order chi connectivity index (χ1) is 17.5. The first kappa shape index (κ1) is 23.4. The number of aryl methyl sites for hydroxylation is 1. The van der Waals surface area contributed by atoms with Crippen molar-refractivity contribution in [2.75, 3.05) is 0 Å². The highest BCUT2D eigenvalue weighted by molar-refractivity contribution is 7.91. The van der Waals surface area contributed by atoms with E-state index in [1.54, 1.807) is 48.5 Å². The highest BCUT2D eigenvalue weighted by Gasteiger charge is 2.17. The maximum absolute atomic E-state index is 12.9. The Morgan fingerprint density at radius 3 is 1.25 bits per heavy atom. The van der Waals surface area contributed by atoms with E-state index in [4.69, 9.17) is 9.47 Å². The normalized spacial score (nSPS) is 11.1. The van der Waals surface area contributed by atoms with Crippen molar-refractivity contribution >= 4 is 9.84 Å². The molecule has 0 heterocycles. The van der Waals surface area contributed by atoms with Crippen molar-refractivity contribution in [1.29, 1.82) is 0 Å². The van der Waals surface area contributed by atoms with Gasteiger partial charge in [-0.1, -0.05) is 60.2 Å². The van der Waals surface area contributed by atoms with E-state index in [2.05, 4.69) is 0 Å². The molecule has 0 aliphatic heterocycles. The smallest absolute Gasteiger partial charge is 0.206 e. The van der Waals surface area contributed by atoms with Crippen LogP contribution in [0.4, 0.5) is 0 Å². The zero-order valence-corrected chi connectivity index (χ0v) is 20.5. The van der Waals surface area contributed by atoms with Gasteiger partial charge in [0, 0.05) is 0 Å². The van der Waals surface area contributed by atoms with Gasteiger partial charge >= 0.3 is 0 Å². The molecule has 4 nitrogen and oxygen atoms in total. The van der Waals surface area contributed by atoms with Gasteiger partial charge in [0.05, 0.1) is 9.79 Å². The molecule has 0 saturated carbocycles. The van der Waals surface area contributed by atoms with E-state index in [1.165, 1.54) is 0 Å². The lowest BCUT2D eigenvalue weighted by atomic mass is 10.1. The second-order valence-electron chi connectivity index (χ2n) is 8.35. The lowest BCUT2D eigenvalue weighted by Gasteiger charge is -2.10. The summed E-state index contributed by atoms with van der Waals surface area (Å²) in [6, 6.07) is 38.6. The summed E-state index contributed by atoms with van der Waals surface area (Å²) in [6.07, 6.45) is 0. The monoisotopic (exact) mass is 492 g/mol. The van der Waals surface area contributed by atoms with Crippen LogP contribution in [0.15, 0.2) is 137 Å². The van der Waals surface area contributed by atoms with Crippen LogP contribution in [0.1, 0.15) is 5.56 Å². The van der Waals surface area contributed by atoms with Gasteiger partial charge in [-0.05, 0) is 90.8 Å². The molecule has 0 saturated heterocycles. The first-order valence-electron chi connectivity index (χ1n) is 11.5. The van der Waals surface area contributed by atoms with E-state index in [9.17, 15) is 8.42 Å². The zero-order chi connectivity index (χ0) is 25.0. The molecule has 0 fully saturated rings. The Morgan fingerprint density at radius 1 is 0.444 bits per heavy atom. The predicted molar refractivity (Wildman–Crippen MR) is 142 cm³/mol. The molecule has 5 aromatic carbocycles. The second-order valence-corrected chi connectivity index (χ2v) is 10.3. The van der Waals surface area contributed by atoms with Crippen LogP contribution in [-0.4, -0.2) is 8.42 Å². The highest BCUT2D eigenvalue weighted by Crippen LogP contribution is 2.30. The van der Waals surface area contributed by atoms with Crippen LogP contribution in [0.2, 0.25) is 0 Å². The Balaban J connectivity index is 1.24. The van der Waals surface area contributed by atoms with Gasteiger partial charge in [-0.3, -0.25) is 0 Å². The molecule has 0 bridgehead atoms. The Hall–Kier alpha value is -4.35. The largest absolute Gasteiger partial charge is 0.457 e. The van der Waals surface area contributed by atoms with E-state index in [0.717, 1.165) is 28.2 Å². The van der Waals surface area contributed by atoms with Crippen LogP contribution in [-0.2, 0) is 9.84 Å². The van der Waals surface area contributed by atoms with Crippen molar-refractivity contribution in [3.63, 3.8) is 0 Å². The van der Waals surface area contributed by atoms with Crippen molar-refractivity contribution < 1.29 is 17.9 Å². The molecule has 36 heavy (non-hydrogen) atoms. The third-order valence-electron chi connectivity index (χ3n) is 5.72. The molecule has 0 N–H and O–H groups in total. The lowest BCUT2D eigenvalue weighted by molar-refractivity contribution is 0.482. The van der Waals surface area contributed by atoms with Crippen molar-refractivity contribution in [2.45, 2.75) is 16.7 Å². The van der Waals surface area contributed by atoms with Crippen molar-refractivity contribution in [3.05, 3.63) is 133 Å². The molecule has 0 radical (unpaired) electrons. The summed E-state index contributed by atoms with van der Waals surface area (Å²) in [6.45, 7) is 1.92. The predicted octanol–water partition coefficient (Wildman–Crippen LogP) is 8.08. The topological polar surface area (TPSA) is 52.6 Å². The molecule has 0 atom stereocenters. The molecular formula is C31H24O4S. The molecule has 5 rings (SSSR count). The SMILES string of the molecule is Cc1ccc(S(=O)(=O)c2ccc(Oc3ccc(-c4ccc(Oc5ccccc5)cc4)cc3)cc2)cc1. The second kappa shape index (κ2) is 10.1. The van der Waals surface area contributed by atoms with Gasteiger partial charge in [-0.2, -0.15) is 0 Å². The minimum atomic E-state index is -3.57. The Labute approximate surface area is 211 Å². The van der Waals surface area contributed by atoms with Gasteiger partial charge in [-0.25, -0.2) is 8.42 Å². The molecule has 0 aliphatic carbocycles. The molecule has 0 unspecified atom stereocenters. The quantitative estimate of drug-likeness (QED) is 0.230. The summed E-state index contributed by atoms with van der Waals surface area (Å²) < 4.78 is 37.5. The summed E-state index contributed by atoms with van der Waals surface area (Å²) >= 11 is 0. The van der Waals surface area contributed by atoms with E-state index >= 15 is 0 Å². The summed E-state index contributed by atoms with van der Waals surface area (Å²) in [4.78, 5) is 0.505. The number of para-hydroxylation sites is 1. The zero-order valence-electron chi connectivity index (χ0n) is 19.7. The van der Waals surface area contributed by atoms with Crippen molar-refractivity contribution in [2.24, 2.45) is 0 Å². The average molecular weight is 493 g/mol. The van der Waals surface area contributed by atoms with Crippen LogP contribution >= 0.6 is 0 Å². The first-order valence-corrected chi connectivity index (χ1v) is 13.0. The number of hydrogen-bond donors (Lipinski definition) is 0. The summed E-state index contributed by atoms with van der Waals surface area (Å²) in [5.74, 6) is 2.80. The Bertz CT molecular complexity index is 1540. The molecule has 0 spiro atoms. The molecule has 5 heteroatoms. The third kappa shape index (κ3) is 5.32. The number of benzene rings is 5. The lowest BCUT2D eigenvalue weighted by Crippen LogP contribution is -2.01. The number of ether oxygens (including phenoxy) is 2. The number of rotatable bonds is 7. The standard InChI is InChI=1S/C31H24O4S/c1-23-7-19-30(20-8-23)36(32,33)31-21-17-29(18-22-31)35-28-15-11-25(12-16-28)24-9-13-27(14-10-24)34-26-5-3-2-4-6-26/h2-22H,1H3. The van der Waals surface area contributed by atoms with Gasteiger partial charge in [0.25, 0.3) is 0 Å². The maximum atomic E-state index is 12.9. The van der Waals surface area contributed by atoms with Crippen LogP contribution in [0.25, 0.3) is 11.1 Å². The van der Waals surface area contributed by atoms with Crippen LogP contribution in [0.5, 0.6) is 23.0 Å². The average Bonchev–Trinajstić information content (AvgIpc) is 2.91. The van der Waals surface area contributed by atoms with E-state index in [1.807, 2.05) is 85.8 Å². The van der Waals surface area contributed by atoms with Crippen molar-refractivity contribution in [3.8, 4) is 34.1 Å². The fourth-order valence-corrected chi connectivity index (χ4v) is 4.99. The minimum absolute atomic E-state index is 0.230. The van der Waals surface area contributed by atoms with Crippen molar-refractivity contribution in [1.82, 2.24) is 0 Å². The van der Waals surface area contributed by atoms with E-state index in [0.29, 0.717) is 11.5 Å². The Kier molecular flexibility index (Phi) is 6.56. The van der Waals surface area contributed by atoms with E-state index < -0.39 is 9.84 Å². The molecule has 0 aliphatic rings. The summed E-state index contributed by atoms with van der Waals surface area (Å²) in [7, 11) is -3.57. The van der Waals surface area contributed by atoms with Gasteiger partial charge in [0.1, 0.15) is 23.0 Å². The highest BCUT2D eigenvalue weighted by atomic mass is 32.2. The molecule has 178 valence electrons. The summed E-state index contributed by atoms with van der Waals surface area (Å²) in [5, 5.41) is 0. The van der Waals surface area contributed by atoms with Gasteiger partial charge in [0.2, 0.25) is 9.84 Å². The number of hydrogen-bond acceptors (Lipinski definition) is 4. The number of sulfone groups is 1. The minimum Gasteiger partial charge on any atom is -0.457 e.